The number of halogens is 1. The maximum absolute atomic E-state index is 12.6. The molecule has 3 heterocycles. The number of likely N-dealkylation sites (tertiary alicyclic amines) is 1. The van der Waals surface area contributed by atoms with Crippen molar-refractivity contribution in [3.05, 3.63) is 35.5 Å². The van der Waals surface area contributed by atoms with Crippen LogP contribution in [0.2, 0.25) is 5.02 Å². The highest BCUT2D eigenvalue weighted by molar-refractivity contribution is 6.30. The van der Waals surface area contributed by atoms with Gasteiger partial charge in [0.05, 0.1) is 18.7 Å². The number of amides is 2. The zero-order valence-electron chi connectivity index (χ0n) is 15.2. The van der Waals surface area contributed by atoms with Gasteiger partial charge in [0.2, 0.25) is 11.8 Å². The van der Waals surface area contributed by atoms with Crippen LogP contribution in [0.3, 0.4) is 0 Å². The van der Waals surface area contributed by atoms with Crippen molar-refractivity contribution in [2.75, 3.05) is 18.4 Å². The second-order valence-electron chi connectivity index (χ2n) is 7.28. The lowest BCUT2D eigenvalue weighted by Gasteiger charge is -2.27. The summed E-state index contributed by atoms with van der Waals surface area (Å²) in [7, 11) is 0. The van der Waals surface area contributed by atoms with Gasteiger partial charge < -0.3 is 10.2 Å². The molecule has 6 nitrogen and oxygen atoms in total. The number of benzene rings is 1. The van der Waals surface area contributed by atoms with Gasteiger partial charge in [-0.2, -0.15) is 5.10 Å². The Hall–Kier alpha value is -2.34. The van der Waals surface area contributed by atoms with E-state index in [9.17, 15) is 9.59 Å². The maximum atomic E-state index is 12.6. The van der Waals surface area contributed by atoms with Crippen molar-refractivity contribution in [3.8, 4) is 11.1 Å². The minimum Gasteiger partial charge on any atom is -0.343 e. The first-order valence-corrected chi connectivity index (χ1v) is 9.90. The molecule has 1 aromatic heterocycles. The molecule has 0 unspecified atom stereocenters. The SMILES string of the molecule is O=C1Nc2c(-c3ccc(Cl)cc3)cnn2C[C@@H]1CC(=O)N1CCCCCC1. The van der Waals surface area contributed by atoms with Crippen LogP contribution >= 0.6 is 11.6 Å². The van der Waals surface area contributed by atoms with E-state index >= 15 is 0 Å². The lowest BCUT2D eigenvalue weighted by atomic mass is 10.0. The van der Waals surface area contributed by atoms with E-state index in [-0.39, 0.29) is 24.2 Å². The zero-order chi connectivity index (χ0) is 18.8. The normalized spacial score (nSPS) is 20.0. The Balaban J connectivity index is 1.48. The summed E-state index contributed by atoms with van der Waals surface area (Å²) in [6.45, 7) is 2.04. The van der Waals surface area contributed by atoms with Gasteiger partial charge >= 0.3 is 0 Å². The number of carbonyl (C=O) groups is 2. The predicted octanol–water partition coefficient (Wildman–Crippen LogP) is 3.56. The first kappa shape index (κ1) is 18.0. The Morgan fingerprint density at radius 2 is 1.85 bits per heavy atom. The van der Waals surface area contributed by atoms with E-state index in [0.29, 0.717) is 17.4 Å². The molecular formula is C20H23ClN4O2. The van der Waals surface area contributed by atoms with Crippen molar-refractivity contribution >= 4 is 29.2 Å². The highest BCUT2D eigenvalue weighted by Crippen LogP contribution is 2.32. The average Bonchev–Trinajstić information content (AvgIpc) is 2.88. The molecule has 1 fully saturated rings. The van der Waals surface area contributed by atoms with Crippen LogP contribution in [0.4, 0.5) is 5.82 Å². The van der Waals surface area contributed by atoms with Gasteiger partial charge in [-0.1, -0.05) is 36.6 Å². The standard InChI is InChI=1S/C20H23ClN4O2/c21-16-7-5-14(6-8-16)17-12-22-25-13-15(20(27)23-19(17)25)11-18(26)24-9-3-1-2-4-10-24/h5-8,12,15H,1-4,9-11,13H2,(H,23,27)/t15-/m0/s1. The van der Waals surface area contributed by atoms with Crippen LogP contribution < -0.4 is 5.32 Å². The lowest BCUT2D eigenvalue weighted by Crippen LogP contribution is -2.39. The molecule has 1 atom stereocenters. The molecule has 1 N–H and O–H groups in total. The summed E-state index contributed by atoms with van der Waals surface area (Å²) in [5, 5.41) is 8.03. The van der Waals surface area contributed by atoms with Crippen molar-refractivity contribution in [1.29, 1.82) is 0 Å². The number of hydrogen-bond donors (Lipinski definition) is 1. The van der Waals surface area contributed by atoms with Gasteiger partial charge in [-0.3, -0.25) is 9.59 Å². The largest absolute Gasteiger partial charge is 0.343 e. The Kier molecular flexibility index (Phi) is 5.16. The molecule has 142 valence electrons. The Morgan fingerprint density at radius 1 is 1.15 bits per heavy atom. The smallest absolute Gasteiger partial charge is 0.231 e. The van der Waals surface area contributed by atoms with Crippen molar-refractivity contribution in [2.45, 2.75) is 38.6 Å². The summed E-state index contributed by atoms with van der Waals surface area (Å²) in [4.78, 5) is 27.2. The monoisotopic (exact) mass is 386 g/mol. The van der Waals surface area contributed by atoms with Gasteiger partial charge in [0.15, 0.2) is 0 Å². The molecule has 2 amide bonds. The van der Waals surface area contributed by atoms with Crippen LogP contribution in [0, 0.1) is 5.92 Å². The Morgan fingerprint density at radius 3 is 2.56 bits per heavy atom. The minimum atomic E-state index is -0.383. The van der Waals surface area contributed by atoms with Gasteiger partial charge in [-0.25, -0.2) is 4.68 Å². The number of fused-ring (bicyclic) bond motifs is 1. The van der Waals surface area contributed by atoms with E-state index in [2.05, 4.69) is 10.4 Å². The molecule has 0 bridgehead atoms. The summed E-state index contributed by atoms with van der Waals surface area (Å²) in [6, 6.07) is 7.44. The van der Waals surface area contributed by atoms with E-state index in [1.807, 2.05) is 29.2 Å². The van der Waals surface area contributed by atoms with E-state index in [1.54, 1.807) is 10.9 Å². The number of carbonyl (C=O) groups excluding carboxylic acids is 2. The van der Waals surface area contributed by atoms with Crippen molar-refractivity contribution in [3.63, 3.8) is 0 Å². The van der Waals surface area contributed by atoms with Crippen molar-refractivity contribution in [1.82, 2.24) is 14.7 Å². The molecule has 27 heavy (non-hydrogen) atoms. The summed E-state index contributed by atoms with van der Waals surface area (Å²) in [5.74, 6) is 0.263. The number of hydrogen-bond acceptors (Lipinski definition) is 3. The van der Waals surface area contributed by atoms with Gasteiger partial charge in [-0.05, 0) is 30.5 Å². The maximum Gasteiger partial charge on any atom is 0.231 e. The Labute approximate surface area is 163 Å². The fourth-order valence-electron chi connectivity index (χ4n) is 3.82. The van der Waals surface area contributed by atoms with Crippen molar-refractivity contribution < 1.29 is 9.59 Å². The molecule has 0 saturated carbocycles. The average molecular weight is 387 g/mol. The molecule has 1 saturated heterocycles. The first-order chi connectivity index (χ1) is 13.1. The fraction of sp³-hybridized carbons (Fsp3) is 0.450. The topological polar surface area (TPSA) is 67.2 Å². The molecule has 0 radical (unpaired) electrons. The predicted molar refractivity (Wildman–Crippen MR) is 104 cm³/mol. The third-order valence-corrected chi connectivity index (χ3v) is 5.63. The van der Waals surface area contributed by atoms with Crippen LogP contribution in [0.1, 0.15) is 32.1 Å². The highest BCUT2D eigenvalue weighted by atomic mass is 35.5. The van der Waals surface area contributed by atoms with Gasteiger partial charge in [0.25, 0.3) is 0 Å². The van der Waals surface area contributed by atoms with Gasteiger partial charge in [0.1, 0.15) is 5.82 Å². The zero-order valence-corrected chi connectivity index (χ0v) is 15.9. The third-order valence-electron chi connectivity index (χ3n) is 5.38. The molecule has 2 aliphatic rings. The number of rotatable bonds is 3. The second kappa shape index (κ2) is 7.72. The molecule has 2 aliphatic heterocycles. The second-order valence-corrected chi connectivity index (χ2v) is 7.72. The molecule has 2 aromatic rings. The molecule has 0 aliphatic carbocycles. The molecule has 0 spiro atoms. The summed E-state index contributed by atoms with van der Waals surface area (Å²) < 4.78 is 1.78. The van der Waals surface area contributed by atoms with Crippen LogP contribution in [0.25, 0.3) is 11.1 Å². The van der Waals surface area contributed by atoms with Crippen LogP contribution in [-0.4, -0.2) is 39.6 Å². The third kappa shape index (κ3) is 3.86. The highest BCUT2D eigenvalue weighted by Gasteiger charge is 2.32. The van der Waals surface area contributed by atoms with E-state index < -0.39 is 0 Å². The minimum absolute atomic E-state index is 0.0746. The summed E-state index contributed by atoms with van der Waals surface area (Å²) in [6.07, 6.45) is 6.45. The molecule has 7 heteroatoms. The number of aromatic nitrogens is 2. The van der Waals surface area contributed by atoms with E-state index in [0.717, 1.165) is 37.1 Å². The number of nitrogens with zero attached hydrogens (tertiary/aromatic N) is 3. The van der Waals surface area contributed by atoms with Crippen LogP contribution in [-0.2, 0) is 16.1 Å². The quantitative estimate of drug-likeness (QED) is 0.876. The lowest BCUT2D eigenvalue weighted by molar-refractivity contribution is -0.135. The fourth-order valence-corrected chi connectivity index (χ4v) is 3.95. The summed E-state index contributed by atoms with van der Waals surface area (Å²) >= 11 is 5.95. The van der Waals surface area contributed by atoms with E-state index in [1.165, 1.54) is 12.8 Å². The first-order valence-electron chi connectivity index (χ1n) is 9.52. The van der Waals surface area contributed by atoms with Gasteiger partial charge in [-0.15, -0.1) is 0 Å². The Bertz CT molecular complexity index is 838. The molecule has 1 aromatic carbocycles. The number of nitrogens with one attached hydrogen (secondary N) is 1. The van der Waals surface area contributed by atoms with Gasteiger partial charge in [0, 0.05) is 30.1 Å². The number of anilines is 1. The molecular weight excluding hydrogens is 364 g/mol. The van der Waals surface area contributed by atoms with E-state index in [4.69, 9.17) is 11.6 Å². The summed E-state index contributed by atoms with van der Waals surface area (Å²) in [5.41, 5.74) is 1.80. The molecule has 4 rings (SSSR count). The van der Waals surface area contributed by atoms with Crippen LogP contribution in [0.5, 0.6) is 0 Å². The van der Waals surface area contributed by atoms with Crippen molar-refractivity contribution in [2.24, 2.45) is 5.92 Å². The van der Waals surface area contributed by atoms with Crippen LogP contribution in [0.15, 0.2) is 30.5 Å².